The van der Waals surface area contributed by atoms with E-state index >= 15 is 0 Å². The van der Waals surface area contributed by atoms with E-state index in [4.69, 9.17) is 0 Å². The number of hydrogen-bond donors (Lipinski definition) is 2. The summed E-state index contributed by atoms with van der Waals surface area (Å²) in [6, 6.07) is 7.57. The highest BCUT2D eigenvalue weighted by atomic mass is 19.1. The average Bonchev–Trinajstić information content (AvgIpc) is 2.97. The van der Waals surface area contributed by atoms with Gasteiger partial charge in [-0.1, -0.05) is 0 Å². The fourth-order valence-electron chi connectivity index (χ4n) is 5.00. The largest absolute Gasteiger partial charge is 0.369 e. The van der Waals surface area contributed by atoms with Crippen molar-refractivity contribution in [2.75, 3.05) is 44.2 Å². The third kappa shape index (κ3) is 3.97. The molecule has 6 heteroatoms. The second-order valence-electron chi connectivity index (χ2n) is 8.50. The molecule has 27 heavy (non-hydrogen) atoms. The first-order valence-corrected chi connectivity index (χ1v) is 10.3. The van der Waals surface area contributed by atoms with Crippen LogP contribution in [0.25, 0.3) is 0 Å². The zero-order chi connectivity index (χ0) is 18.9. The van der Waals surface area contributed by atoms with E-state index < -0.39 is 0 Å². The smallest absolute Gasteiger partial charge is 0.226 e. The van der Waals surface area contributed by atoms with Gasteiger partial charge in [-0.05, 0) is 70.0 Å². The molecule has 2 atom stereocenters. The summed E-state index contributed by atoms with van der Waals surface area (Å²) < 4.78 is 13.1. The summed E-state index contributed by atoms with van der Waals surface area (Å²) in [5.41, 5.74) is 0.988. The maximum Gasteiger partial charge on any atom is 0.226 e. The summed E-state index contributed by atoms with van der Waals surface area (Å²) in [5, 5.41) is 6.64. The molecule has 0 aromatic heterocycles. The van der Waals surface area contributed by atoms with E-state index in [1.54, 1.807) is 0 Å². The molecule has 3 aliphatic rings. The van der Waals surface area contributed by atoms with Crippen molar-refractivity contribution >= 4 is 11.6 Å². The Balaban J connectivity index is 1.27. The van der Waals surface area contributed by atoms with Crippen molar-refractivity contribution in [1.29, 1.82) is 0 Å². The van der Waals surface area contributed by atoms with Crippen LogP contribution in [0.5, 0.6) is 0 Å². The summed E-state index contributed by atoms with van der Waals surface area (Å²) in [4.78, 5) is 17.4. The lowest BCUT2D eigenvalue weighted by atomic mass is 9.76. The SMILES string of the molecule is C[C@@H]1CN(c2ccc(F)cc2)CCN1CC[C@H]1CC2(CCNCC2)C(=O)N1. The van der Waals surface area contributed by atoms with Gasteiger partial charge in [0.1, 0.15) is 5.82 Å². The van der Waals surface area contributed by atoms with Crippen molar-refractivity contribution in [3.8, 4) is 0 Å². The zero-order valence-electron chi connectivity index (χ0n) is 16.2. The Labute approximate surface area is 161 Å². The molecular weight excluding hydrogens is 343 g/mol. The molecule has 4 rings (SSSR count). The highest BCUT2D eigenvalue weighted by molar-refractivity contribution is 5.85. The van der Waals surface area contributed by atoms with E-state index in [0.717, 1.165) is 70.6 Å². The van der Waals surface area contributed by atoms with Gasteiger partial charge in [0.15, 0.2) is 0 Å². The van der Waals surface area contributed by atoms with E-state index in [1.807, 2.05) is 12.1 Å². The first-order valence-electron chi connectivity index (χ1n) is 10.3. The van der Waals surface area contributed by atoms with Crippen LogP contribution in [-0.2, 0) is 4.79 Å². The van der Waals surface area contributed by atoms with Crippen molar-refractivity contribution in [2.24, 2.45) is 5.41 Å². The first-order chi connectivity index (χ1) is 13.1. The van der Waals surface area contributed by atoms with Gasteiger partial charge in [-0.3, -0.25) is 9.69 Å². The summed E-state index contributed by atoms with van der Waals surface area (Å²) in [6.45, 7) is 8.13. The molecule has 3 saturated heterocycles. The van der Waals surface area contributed by atoms with Gasteiger partial charge < -0.3 is 15.5 Å². The van der Waals surface area contributed by atoms with Crippen LogP contribution in [0, 0.1) is 11.2 Å². The Morgan fingerprint density at radius 3 is 2.63 bits per heavy atom. The molecule has 3 aliphatic heterocycles. The monoisotopic (exact) mass is 374 g/mol. The van der Waals surface area contributed by atoms with Gasteiger partial charge in [0.2, 0.25) is 5.91 Å². The summed E-state index contributed by atoms with van der Waals surface area (Å²) in [6.07, 6.45) is 3.98. The van der Waals surface area contributed by atoms with Crippen LogP contribution in [0.15, 0.2) is 24.3 Å². The van der Waals surface area contributed by atoms with Gasteiger partial charge in [0.05, 0.1) is 5.41 Å². The number of nitrogens with one attached hydrogen (secondary N) is 2. The quantitative estimate of drug-likeness (QED) is 0.846. The molecule has 1 amide bonds. The molecule has 0 bridgehead atoms. The third-order valence-electron chi connectivity index (χ3n) is 6.74. The summed E-state index contributed by atoms with van der Waals surface area (Å²) in [7, 11) is 0. The predicted molar refractivity (Wildman–Crippen MR) is 105 cm³/mol. The van der Waals surface area contributed by atoms with Crippen molar-refractivity contribution in [2.45, 2.75) is 44.7 Å². The van der Waals surface area contributed by atoms with Crippen LogP contribution in [-0.4, -0.2) is 62.2 Å². The number of hydrogen-bond acceptors (Lipinski definition) is 4. The second kappa shape index (κ2) is 7.76. The molecule has 2 N–H and O–H groups in total. The molecule has 0 aliphatic carbocycles. The van der Waals surface area contributed by atoms with E-state index in [9.17, 15) is 9.18 Å². The van der Waals surface area contributed by atoms with E-state index in [1.165, 1.54) is 12.1 Å². The maximum absolute atomic E-state index is 13.1. The number of anilines is 1. The highest BCUT2D eigenvalue weighted by Gasteiger charge is 2.46. The van der Waals surface area contributed by atoms with Crippen LogP contribution in [0.1, 0.15) is 32.6 Å². The molecule has 5 nitrogen and oxygen atoms in total. The number of rotatable bonds is 4. The van der Waals surface area contributed by atoms with Gasteiger partial charge in [-0.15, -0.1) is 0 Å². The van der Waals surface area contributed by atoms with Crippen LogP contribution in [0.3, 0.4) is 0 Å². The third-order valence-corrected chi connectivity index (χ3v) is 6.74. The lowest BCUT2D eigenvalue weighted by Gasteiger charge is -2.41. The van der Waals surface area contributed by atoms with Crippen molar-refractivity contribution in [1.82, 2.24) is 15.5 Å². The van der Waals surface area contributed by atoms with Crippen LogP contribution in [0.2, 0.25) is 0 Å². The Morgan fingerprint density at radius 1 is 1.19 bits per heavy atom. The number of carbonyl (C=O) groups excluding carboxylic acids is 1. The van der Waals surface area contributed by atoms with Crippen molar-refractivity contribution < 1.29 is 9.18 Å². The molecule has 1 aromatic rings. The molecule has 0 saturated carbocycles. The normalized spacial score (nSPS) is 28.5. The molecule has 3 fully saturated rings. The van der Waals surface area contributed by atoms with Crippen LogP contribution < -0.4 is 15.5 Å². The van der Waals surface area contributed by atoms with Gasteiger partial charge in [-0.25, -0.2) is 4.39 Å². The predicted octanol–water partition coefficient (Wildman–Crippen LogP) is 1.98. The van der Waals surface area contributed by atoms with E-state index in [-0.39, 0.29) is 17.1 Å². The minimum Gasteiger partial charge on any atom is -0.369 e. The molecule has 0 unspecified atom stereocenters. The fourth-order valence-corrected chi connectivity index (χ4v) is 5.00. The van der Waals surface area contributed by atoms with E-state index in [0.29, 0.717) is 12.1 Å². The summed E-state index contributed by atoms with van der Waals surface area (Å²) >= 11 is 0. The molecule has 0 radical (unpaired) electrons. The van der Waals surface area contributed by atoms with Gasteiger partial charge in [0.25, 0.3) is 0 Å². The molecule has 1 spiro atoms. The molecular formula is C21H31FN4O. The Hall–Kier alpha value is -1.66. The Morgan fingerprint density at radius 2 is 1.93 bits per heavy atom. The topological polar surface area (TPSA) is 47.6 Å². The first kappa shape index (κ1) is 18.7. The Kier molecular flexibility index (Phi) is 5.37. The number of nitrogens with zero attached hydrogens (tertiary/aromatic N) is 2. The molecule has 1 aromatic carbocycles. The van der Waals surface area contributed by atoms with Gasteiger partial charge in [0, 0.05) is 44.0 Å². The standard InChI is InChI=1S/C21H31FN4O/c1-16-15-26(19-4-2-17(22)3-5-19)13-12-25(16)11-6-18-14-21(20(27)24-18)7-9-23-10-8-21/h2-5,16,18,23H,6-15H2,1H3,(H,24,27)/t16-,18+/m1/s1. The second-order valence-corrected chi connectivity index (χ2v) is 8.50. The average molecular weight is 375 g/mol. The maximum atomic E-state index is 13.1. The molecule has 3 heterocycles. The van der Waals surface area contributed by atoms with Crippen molar-refractivity contribution in [3.05, 3.63) is 30.1 Å². The van der Waals surface area contributed by atoms with Gasteiger partial charge >= 0.3 is 0 Å². The fraction of sp³-hybridized carbons (Fsp3) is 0.667. The zero-order valence-corrected chi connectivity index (χ0v) is 16.2. The number of piperidine rings is 1. The summed E-state index contributed by atoms with van der Waals surface area (Å²) in [5.74, 6) is 0.0961. The minimum absolute atomic E-state index is 0.108. The number of benzene rings is 1. The highest BCUT2D eigenvalue weighted by Crippen LogP contribution is 2.39. The lowest BCUT2D eigenvalue weighted by Crippen LogP contribution is -2.52. The lowest BCUT2D eigenvalue weighted by molar-refractivity contribution is -0.128. The molecule has 148 valence electrons. The van der Waals surface area contributed by atoms with E-state index in [2.05, 4.69) is 27.4 Å². The van der Waals surface area contributed by atoms with Crippen molar-refractivity contribution in [3.63, 3.8) is 0 Å². The van der Waals surface area contributed by atoms with Gasteiger partial charge in [-0.2, -0.15) is 0 Å². The van der Waals surface area contributed by atoms with Crippen LogP contribution >= 0.6 is 0 Å². The minimum atomic E-state index is -0.185. The van der Waals surface area contributed by atoms with Crippen LogP contribution in [0.4, 0.5) is 10.1 Å². The number of halogens is 1. The number of amides is 1. The number of carbonyl (C=O) groups is 1. The number of piperazine rings is 1. The Bertz CT molecular complexity index is 659.